The third-order valence-electron chi connectivity index (χ3n) is 4.59. The van der Waals surface area contributed by atoms with E-state index in [-0.39, 0.29) is 18.4 Å². The zero-order valence-corrected chi connectivity index (χ0v) is 18.3. The summed E-state index contributed by atoms with van der Waals surface area (Å²) in [7, 11) is 1.56. The second-order valence-corrected chi connectivity index (χ2v) is 7.87. The Morgan fingerprint density at radius 3 is 2.18 bits per heavy atom. The first-order valence-electron chi connectivity index (χ1n) is 9.30. The molecule has 0 saturated carbocycles. The van der Waals surface area contributed by atoms with Crippen LogP contribution in [0.1, 0.15) is 37.8 Å². The minimum atomic E-state index is -0.604. The van der Waals surface area contributed by atoms with E-state index in [0.717, 1.165) is 10.0 Å². The summed E-state index contributed by atoms with van der Waals surface area (Å²) in [6, 6.07) is 14.8. The number of ether oxygens (including phenoxy) is 1. The highest BCUT2D eigenvalue weighted by Crippen LogP contribution is 2.19. The minimum absolute atomic E-state index is 0.126. The molecular formula is C22H27BrN2O3. The fourth-order valence-electron chi connectivity index (χ4n) is 2.75. The van der Waals surface area contributed by atoms with Crippen molar-refractivity contribution in [1.82, 2.24) is 10.2 Å². The van der Waals surface area contributed by atoms with Crippen LogP contribution >= 0.6 is 15.9 Å². The Labute approximate surface area is 175 Å². The predicted octanol–water partition coefficient (Wildman–Crippen LogP) is 4.11. The van der Waals surface area contributed by atoms with Gasteiger partial charge in [-0.1, -0.05) is 54.0 Å². The number of amides is 2. The second-order valence-electron chi connectivity index (χ2n) is 6.95. The van der Waals surface area contributed by atoms with Gasteiger partial charge >= 0.3 is 0 Å². The second kappa shape index (κ2) is 10.3. The van der Waals surface area contributed by atoms with Gasteiger partial charge in [-0.15, -0.1) is 0 Å². The van der Waals surface area contributed by atoms with E-state index in [1.165, 1.54) is 10.5 Å². The molecular weight excluding hydrogens is 420 g/mol. The molecule has 5 nitrogen and oxygen atoms in total. The first kappa shape index (κ1) is 22.0. The lowest BCUT2D eigenvalue weighted by atomic mass is 10.0. The molecule has 0 radical (unpaired) electrons. The number of hydrogen-bond acceptors (Lipinski definition) is 3. The van der Waals surface area contributed by atoms with E-state index in [2.05, 4.69) is 35.1 Å². The van der Waals surface area contributed by atoms with Crippen molar-refractivity contribution in [2.45, 2.75) is 39.3 Å². The molecule has 0 bridgehead atoms. The monoisotopic (exact) mass is 446 g/mol. The van der Waals surface area contributed by atoms with Crippen LogP contribution in [0, 0.1) is 0 Å². The molecule has 2 aromatic rings. The Morgan fingerprint density at radius 2 is 1.64 bits per heavy atom. The standard InChI is InChI=1S/C22H27BrN2O3/c1-15(2)18-7-11-20(12-8-18)28-14-21(26)25(16(3)22(27)24-4)13-17-5-9-19(23)10-6-17/h5-12,15-16H,13-14H2,1-4H3,(H,24,27)/t16-/m0/s1. The van der Waals surface area contributed by atoms with E-state index in [1.54, 1.807) is 14.0 Å². The fraction of sp³-hybridized carbons (Fsp3) is 0.364. The molecule has 2 amide bonds. The smallest absolute Gasteiger partial charge is 0.261 e. The Morgan fingerprint density at radius 1 is 1.04 bits per heavy atom. The lowest BCUT2D eigenvalue weighted by Crippen LogP contribution is -2.48. The van der Waals surface area contributed by atoms with Crippen LogP contribution in [0.25, 0.3) is 0 Å². The van der Waals surface area contributed by atoms with E-state index in [0.29, 0.717) is 18.2 Å². The lowest BCUT2D eigenvalue weighted by molar-refractivity contribution is -0.142. The molecule has 1 atom stereocenters. The average Bonchev–Trinajstić information content (AvgIpc) is 2.70. The molecule has 6 heteroatoms. The van der Waals surface area contributed by atoms with Gasteiger partial charge in [0.1, 0.15) is 11.8 Å². The molecule has 0 heterocycles. The number of halogens is 1. The third-order valence-corrected chi connectivity index (χ3v) is 5.12. The van der Waals surface area contributed by atoms with Gasteiger partial charge in [0, 0.05) is 18.1 Å². The van der Waals surface area contributed by atoms with Crippen molar-refractivity contribution >= 4 is 27.7 Å². The lowest BCUT2D eigenvalue weighted by Gasteiger charge is -2.28. The van der Waals surface area contributed by atoms with Crippen LogP contribution in [0.15, 0.2) is 53.0 Å². The highest BCUT2D eigenvalue weighted by atomic mass is 79.9. The summed E-state index contributed by atoms with van der Waals surface area (Å²) < 4.78 is 6.63. The molecule has 0 saturated heterocycles. The summed E-state index contributed by atoms with van der Waals surface area (Å²) >= 11 is 3.40. The molecule has 2 aromatic carbocycles. The molecule has 0 spiro atoms. The topological polar surface area (TPSA) is 58.6 Å². The van der Waals surface area contributed by atoms with Crippen molar-refractivity contribution < 1.29 is 14.3 Å². The Balaban J connectivity index is 2.09. The van der Waals surface area contributed by atoms with Crippen LogP contribution in [-0.2, 0) is 16.1 Å². The van der Waals surface area contributed by atoms with Crippen molar-refractivity contribution in [3.63, 3.8) is 0 Å². The maximum atomic E-state index is 12.8. The highest BCUT2D eigenvalue weighted by Gasteiger charge is 2.25. The summed E-state index contributed by atoms with van der Waals surface area (Å²) in [5, 5.41) is 2.60. The normalized spacial score (nSPS) is 11.8. The molecule has 150 valence electrons. The van der Waals surface area contributed by atoms with Crippen molar-refractivity contribution in [3.8, 4) is 5.75 Å². The quantitative estimate of drug-likeness (QED) is 0.663. The number of nitrogens with one attached hydrogen (secondary N) is 1. The van der Waals surface area contributed by atoms with Crippen molar-refractivity contribution in [2.75, 3.05) is 13.7 Å². The van der Waals surface area contributed by atoms with Gasteiger partial charge in [-0.3, -0.25) is 9.59 Å². The fourth-order valence-corrected chi connectivity index (χ4v) is 3.02. The van der Waals surface area contributed by atoms with Crippen molar-refractivity contribution in [2.24, 2.45) is 0 Å². The summed E-state index contributed by atoms with van der Waals surface area (Å²) in [5.74, 6) is 0.609. The maximum Gasteiger partial charge on any atom is 0.261 e. The summed E-state index contributed by atoms with van der Waals surface area (Å²) in [6.07, 6.45) is 0. The average molecular weight is 447 g/mol. The molecule has 2 rings (SSSR count). The van der Waals surface area contributed by atoms with Gasteiger partial charge in [0.05, 0.1) is 0 Å². The van der Waals surface area contributed by atoms with Crippen LogP contribution < -0.4 is 10.1 Å². The number of benzene rings is 2. The number of carbonyl (C=O) groups excluding carboxylic acids is 2. The molecule has 0 aliphatic rings. The minimum Gasteiger partial charge on any atom is -0.484 e. The summed E-state index contributed by atoms with van der Waals surface area (Å²) in [6.45, 7) is 6.17. The highest BCUT2D eigenvalue weighted by molar-refractivity contribution is 9.10. The number of nitrogens with zero attached hydrogens (tertiary/aromatic N) is 1. The first-order chi connectivity index (χ1) is 13.3. The maximum absolute atomic E-state index is 12.8. The number of carbonyl (C=O) groups is 2. The van der Waals surface area contributed by atoms with E-state index in [1.807, 2.05) is 48.5 Å². The zero-order valence-electron chi connectivity index (χ0n) is 16.7. The first-order valence-corrected chi connectivity index (χ1v) is 10.1. The van der Waals surface area contributed by atoms with Crippen LogP contribution in [0.5, 0.6) is 5.75 Å². The molecule has 1 N–H and O–H groups in total. The van der Waals surface area contributed by atoms with E-state index >= 15 is 0 Å². The van der Waals surface area contributed by atoms with Gasteiger partial charge in [-0.2, -0.15) is 0 Å². The largest absolute Gasteiger partial charge is 0.484 e. The third kappa shape index (κ3) is 6.09. The Kier molecular flexibility index (Phi) is 8.05. The van der Waals surface area contributed by atoms with Crippen LogP contribution in [0.2, 0.25) is 0 Å². The van der Waals surface area contributed by atoms with Gasteiger partial charge in [0.2, 0.25) is 5.91 Å². The Bertz CT molecular complexity index is 788. The van der Waals surface area contributed by atoms with Gasteiger partial charge in [0.25, 0.3) is 5.91 Å². The van der Waals surface area contributed by atoms with Crippen LogP contribution in [0.3, 0.4) is 0 Å². The Hall–Kier alpha value is -2.34. The molecule has 0 aliphatic heterocycles. The van der Waals surface area contributed by atoms with Gasteiger partial charge in [-0.05, 0) is 48.2 Å². The van der Waals surface area contributed by atoms with E-state index in [9.17, 15) is 9.59 Å². The number of likely N-dealkylation sites (N-methyl/N-ethyl adjacent to an activating group) is 1. The van der Waals surface area contributed by atoms with Gasteiger partial charge in [0.15, 0.2) is 6.61 Å². The molecule has 0 unspecified atom stereocenters. The van der Waals surface area contributed by atoms with Crippen LogP contribution in [0.4, 0.5) is 0 Å². The molecule has 0 aromatic heterocycles. The van der Waals surface area contributed by atoms with Gasteiger partial charge in [-0.25, -0.2) is 0 Å². The van der Waals surface area contributed by atoms with E-state index < -0.39 is 6.04 Å². The van der Waals surface area contributed by atoms with Crippen molar-refractivity contribution in [3.05, 3.63) is 64.1 Å². The van der Waals surface area contributed by atoms with E-state index in [4.69, 9.17) is 4.74 Å². The number of hydrogen-bond donors (Lipinski definition) is 1. The SMILES string of the molecule is CNC(=O)[C@H](C)N(Cc1ccc(Br)cc1)C(=O)COc1ccc(C(C)C)cc1. The van der Waals surface area contributed by atoms with Gasteiger partial charge < -0.3 is 15.0 Å². The molecule has 0 fully saturated rings. The zero-order chi connectivity index (χ0) is 20.7. The molecule has 28 heavy (non-hydrogen) atoms. The number of rotatable bonds is 8. The molecule has 0 aliphatic carbocycles. The summed E-state index contributed by atoms with van der Waals surface area (Å²) in [5.41, 5.74) is 2.15. The summed E-state index contributed by atoms with van der Waals surface area (Å²) in [4.78, 5) is 26.5. The predicted molar refractivity (Wildman–Crippen MR) is 114 cm³/mol. The van der Waals surface area contributed by atoms with Crippen LogP contribution in [-0.4, -0.2) is 36.4 Å². The van der Waals surface area contributed by atoms with Crippen molar-refractivity contribution in [1.29, 1.82) is 0 Å².